The fourth-order valence-electron chi connectivity index (χ4n) is 10.2. The summed E-state index contributed by atoms with van der Waals surface area (Å²) in [6.07, 6.45) is 17.5. The van der Waals surface area contributed by atoms with Crippen molar-refractivity contribution in [3.05, 3.63) is 136 Å². The number of likely N-dealkylation sites (N-methyl/N-ethyl adjacent to an activating group) is 1. The molecular weight excluding hydrogens is 1170 g/mol. The molecule has 470 valence electrons. The van der Waals surface area contributed by atoms with Crippen molar-refractivity contribution in [2.75, 3.05) is 47.6 Å². The van der Waals surface area contributed by atoms with Gasteiger partial charge in [0.15, 0.2) is 11.8 Å². The average Bonchev–Trinajstić information content (AvgIpc) is 1.76. The van der Waals surface area contributed by atoms with Crippen molar-refractivity contribution in [1.82, 2.24) is 9.80 Å². The molecule has 17 nitrogen and oxygen atoms in total. The van der Waals surface area contributed by atoms with E-state index in [4.69, 9.17) is 37.4 Å². The minimum Gasteiger partial charge on any atom is -0.491 e. The Morgan fingerprint density at radius 2 is 1.23 bits per heavy atom. The van der Waals surface area contributed by atoms with Crippen LogP contribution in [-0.4, -0.2) is 99.3 Å². The molecule has 0 radical (unpaired) electrons. The van der Waals surface area contributed by atoms with Crippen molar-refractivity contribution in [1.29, 1.82) is 0 Å². The molecule has 0 aromatic heterocycles. The molecule has 2 heterocycles. The lowest BCUT2D eigenvalue weighted by molar-refractivity contribution is -0.146. The third kappa shape index (κ3) is 19.8. The number of imide groups is 1. The molecule has 1 saturated heterocycles. The van der Waals surface area contributed by atoms with Gasteiger partial charge in [-0.25, -0.2) is 18.1 Å². The number of nitrogens with zero attached hydrogens (tertiary/aromatic N) is 3. The Bertz CT molecular complexity index is 3260. The molecule has 5 aromatic carbocycles. The standard InChI is InChI=1S/C46H62ClN5O8S.C21H24ClNO3/c1-4-5-6-7-8-9-10-11-12-13-14-15-16-17-18-23-32-60-40-29-28-35(61(57,58)49-37-26-21-20-25-36(37)47)33-38(40)48-42(53)41(52-44(55)45(59-3)50(2)46(52)56)43(54)51-31-30-34-24-19-22-27-39(34)51;1-13-6-9-15(10-7-13)26-18(19(24)21(3,4)5)20(25)23-17-12-14(2)8-11-16(17)22/h19-22,24-29,33,41,45,49H,4-18,23,30-32H2,1-3H3,(H,48,53);6-12,18H,1-5H3,(H,23,25). The number of aryl methyl sites for hydroxylation is 2. The first-order chi connectivity index (χ1) is 41.6. The summed E-state index contributed by atoms with van der Waals surface area (Å²) in [4.78, 5) is 84.5. The lowest BCUT2D eigenvalue weighted by Gasteiger charge is -2.28. The van der Waals surface area contributed by atoms with Crippen molar-refractivity contribution in [2.45, 2.75) is 174 Å². The number of sulfonamides is 1. The first-order valence-electron chi connectivity index (χ1n) is 30.3. The second-order valence-electron chi connectivity index (χ2n) is 23.2. The molecule has 0 aliphatic carbocycles. The van der Waals surface area contributed by atoms with E-state index >= 15 is 0 Å². The van der Waals surface area contributed by atoms with Crippen molar-refractivity contribution in [2.24, 2.45) is 5.41 Å². The fourth-order valence-corrected chi connectivity index (χ4v) is 11.7. The summed E-state index contributed by atoms with van der Waals surface area (Å²) >= 11 is 12.4. The van der Waals surface area contributed by atoms with Gasteiger partial charge < -0.3 is 29.7 Å². The van der Waals surface area contributed by atoms with Crippen LogP contribution in [0.15, 0.2) is 114 Å². The highest BCUT2D eigenvalue weighted by Crippen LogP contribution is 2.34. The van der Waals surface area contributed by atoms with E-state index in [0.29, 0.717) is 33.5 Å². The first kappa shape index (κ1) is 69.1. The second-order valence-corrected chi connectivity index (χ2v) is 25.7. The van der Waals surface area contributed by atoms with Crippen LogP contribution in [0.1, 0.15) is 147 Å². The SMILES string of the molecule is CCCCCCCCCCCCCCCCCCOc1ccc(S(=O)(=O)Nc2ccccc2Cl)cc1NC(=O)C(C(=O)N1CCc2ccccc21)N1C(=O)C(OC)N(C)C1=O.Cc1ccc(OC(C(=O)Nc2cc(C)ccc2Cl)C(=O)C(C)(C)C)cc1. The fraction of sp³-hybridized carbons (Fsp3) is 0.463. The van der Waals surface area contributed by atoms with Gasteiger partial charge in [0.25, 0.3) is 33.7 Å². The quantitative estimate of drug-likeness (QED) is 0.0216. The highest BCUT2D eigenvalue weighted by atomic mass is 35.5. The van der Waals surface area contributed by atoms with Crippen LogP contribution in [0, 0.1) is 19.3 Å². The number of hydrogen-bond acceptors (Lipinski definition) is 11. The van der Waals surface area contributed by atoms with E-state index in [1.54, 1.807) is 75.4 Å². The Labute approximate surface area is 524 Å². The predicted octanol–water partition coefficient (Wildman–Crippen LogP) is 14.5. The lowest BCUT2D eigenvalue weighted by atomic mass is 9.87. The Morgan fingerprint density at radius 3 is 1.83 bits per heavy atom. The Morgan fingerprint density at radius 1 is 0.667 bits per heavy atom. The summed E-state index contributed by atoms with van der Waals surface area (Å²) in [5.74, 6) is -2.98. The van der Waals surface area contributed by atoms with Crippen LogP contribution in [0.2, 0.25) is 10.0 Å². The maximum absolute atomic E-state index is 14.5. The van der Waals surface area contributed by atoms with Crippen LogP contribution in [0.25, 0.3) is 0 Å². The highest BCUT2D eigenvalue weighted by Gasteiger charge is 2.53. The van der Waals surface area contributed by atoms with Gasteiger partial charge in [0.05, 0.1) is 38.6 Å². The van der Waals surface area contributed by atoms with E-state index in [0.717, 1.165) is 47.3 Å². The highest BCUT2D eigenvalue weighted by molar-refractivity contribution is 7.92. The number of amides is 6. The third-order valence-electron chi connectivity index (χ3n) is 15.2. The number of nitrogens with one attached hydrogen (secondary N) is 3. The molecule has 5 aromatic rings. The molecular formula is C67H86Cl2N6O11S. The number of ether oxygens (including phenoxy) is 3. The second kappa shape index (κ2) is 33.4. The molecule has 2 aliphatic heterocycles. The van der Waals surface area contributed by atoms with Gasteiger partial charge in [-0.2, -0.15) is 0 Å². The zero-order valence-electron chi connectivity index (χ0n) is 51.6. The van der Waals surface area contributed by atoms with Crippen molar-refractivity contribution in [3.8, 4) is 11.5 Å². The van der Waals surface area contributed by atoms with Gasteiger partial charge >= 0.3 is 6.03 Å². The number of carbonyl (C=O) groups is 6. The molecule has 1 fully saturated rings. The largest absolute Gasteiger partial charge is 0.491 e. The van der Waals surface area contributed by atoms with Gasteiger partial charge in [-0.1, -0.05) is 201 Å². The maximum atomic E-state index is 14.5. The van der Waals surface area contributed by atoms with E-state index in [1.165, 1.54) is 120 Å². The van der Waals surface area contributed by atoms with Gasteiger partial charge in [0, 0.05) is 31.8 Å². The van der Waals surface area contributed by atoms with Gasteiger partial charge in [-0.15, -0.1) is 0 Å². The number of anilines is 4. The molecule has 3 atom stereocenters. The van der Waals surface area contributed by atoms with Crippen LogP contribution in [0.4, 0.5) is 27.5 Å². The monoisotopic (exact) mass is 1250 g/mol. The summed E-state index contributed by atoms with van der Waals surface area (Å²) in [6, 6.07) is 27.2. The van der Waals surface area contributed by atoms with Crippen molar-refractivity contribution < 1.29 is 51.4 Å². The van der Waals surface area contributed by atoms with Crippen LogP contribution < -0.4 is 29.7 Å². The smallest absolute Gasteiger partial charge is 0.330 e. The van der Waals surface area contributed by atoms with Crippen LogP contribution in [-0.2, 0) is 45.2 Å². The molecule has 0 spiro atoms. The molecule has 3 N–H and O–H groups in total. The Hall–Kier alpha value is -6.99. The number of carbonyl (C=O) groups excluding carboxylic acids is 6. The summed E-state index contributed by atoms with van der Waals surface area (Å²) in [7, 11) is -1.67. The number of fused-ring (bicyclic) bond motifs is 1. The number of benzene rings is 5. The summed E-state index contributed by atoms with van der Waals surface area (Å²) in [6.45, 7) is 11.9. The number of hydrogen-bond donors (Lipinski definition) is 3. The lowest BCUT2D eigenvalue weighted by Crippen LogP contribution is -2.57. The van der Waals surface area contributed by atoms with Crippen LogP contribution in [0.5, 0.6) is 11.5 Å². The number of urea groups is 1. The van der Waals surface area contributed by atoms with Crippen LogP contribution in [0.3, 0.4) is 0 Å². The third-order valence-corrected chi connectivity index (χ3v) is 17.2. The number of Topliss-reactive ketones (excluding diaryl/α,β-unsaturated/α-hetero) is 1. The van der Waals surface area contributed by atoms with Crippen LogP contribution >= 0.6 is 23.2 Å². The maximum Gasteiger partial charge on any atom is 0.330 e. The number of para-hydroxylation sites is 2. The van der Waals surface area contributed by atoms with Crippen molar-refractivity contribution >= 4 is 91.4 Å². The Kier molecular flexibility index (Phi) is 26.5. The molecule has 7 rings (SSSR count). The van der Waals surface area contributed by atoms with E-state index in [-0.39, 0.29) is 46.0 Å². The molecule has 20 heteroatoms. The normalized spacial score (nSPS) is 14.6. The summed E-state index contributed by atoms with van der Waals surface area (Å²) < 4.78 is 47.0. The predicted molar refractivity (Wildman–Crippen MR) is 344 cm³/mol. The van der Waals surface area contributed by atoms with Gasteiger partial charge in [0.1, 0.15) is 11.5 Å². The van der Waals surface area contributed by atoms with Gasteiger partial charge in [0.2, 0.25) is 12.3 Å². The van der Waals surface area contributed by atoms with Crippen molar-refractivity contribution in [3.63, 3.8) is 0 Å². The number of rotatable bonds is 31. The number of methoxy groups -OCH3 is 1. The van der Waals surface area contributed by atoms with E-state index < -0.39 is 63.5 Å². The van der Waals surface area contributed by atoms with Gasteiger partial charge in [-0.05, 0) is 98.5 Å². The minimum absolute atomic E-state index is 0.0705. The number of unbranched alkanes of at least 4 members (excludes halogenated alkanes) is 15. The summed E-state index contributed by atoms with van der Waals surface area (Å²) in [5, 5.41) is 5.97. The molecule has 87 heavy (non-hydrogen) atoms. The minimum atomic E-state index is -4.26. The Balaban J connectivity index is 0.000000387. The molecule has 0 bridgehead atoms. The summed E-state index contributed by atoms with van der Waals surface area (Å²) in [5.41, 5.74) is 3.24. The average molecular weight is 1250 g/mol. The van der Waals surface area contributed by atoms with E-state index in [2.05, 4.69) is 22.3 Å². The van der Waals surface area contributed by atoms with E-state index in [9.17, 15) is 37.2 Å². The zero-order chi connectivity index (χ0) is 63.3. The number of halogens is 2. The zero-order valence-corrected chi connectivity index (χ0v) is 53.9. The molecule has 3 unspecified atom stereocenters. The first-order valence-corrected chi connectivity index (χ1v) is 32.5. The topological polar surface area (TPSA) is 210 Å². The van der Waals surface area contributed by atoms with Gasteiger partial charge in [-0.3, -0.25) is 33.6 Å². The molecule has 2 aliphatic rings. The number of ketones is 1. The van der Waals surface area contributed by atoms with E-state index in [1.807, 2.05) is 44.2 Å². The molecule has 6 amide bonds. The molecule has 0 saturated carbocycles.